The molecule has 2 aromatic carbocycles. The molecule has 2 aliphatic rings. The molecule has 0 saturated carbocycles. The van der Waals surface area contributed by atoms with E-state index in [1.165, 1.54) is 4.31 Å². The molecule has 40 heavy (non-hydrogen) atoms. The Morgan fingerprint density at radius 1 is 1.12 bits per heavy atom. The Labute approximate surface area is 236 Å². The molecule has 3 aromatic rings. The van der Waals surface area contributed by atoms with Gasteiger partial charge in [0.1, 0.15) is 0 Å². The normalized spacial score (nSPS) is 17.3. The highest BCUT2D eigenvalue weighted by molar-refractivity contribution is 7.93. The highest BCUT2D eigenvalue weighted by atomic mass is 35.5. The summed E-state index contributed by atoms with van der Waals surface area (Å²) in [4.78, 5) is 16.0. The minimum atomic E-state index is -3.77. The number of benzene rings is 2. The van der Waals surface area contributed by atoms with Gasteiger partial charge in [0.2, 0.25) is 21.8 Å². The third-order valence-electron chi connectivity index (χ3n) is 7.49. The first-order chi connectivity index (χ1) is 19.2. The zero-order chi connectivity index (χ0) is 28.4. The van der Waals surface area contributed by atoms with Gasteiger partial charge in [0, 0.05) is 36.1 Å². The zero-order valence-corrected chi connectivity index (χ0v) is 23.5. The molecule has 0 spiro atoms. The molecule has 0 bridgehead atoms. The first-order valence-corrected chi connectivity index (χ1v) is 15.0. The van der Waals surface area contributed by atoms with Gasteiger partial charge in [-0.15, -0.1) is 10.2 Å². The summed E-state index contributed by atoms with van der Waals surface area (Å²) in [7, 11) is -3.77. The molecule has 1 aromatic heterocycles. The first-order valence-electron chi connectivity index (χ1n) is 13.2. The van der Waals surface area contributed by atoms with Gasteiger partial charge in [-0.3, -0.25) is 14.0 Å². The van der Waals surface area contributed by atoms with E-state index in [1.54, 1.807) is 48.5 Å². The number of aromatic nitrogens is 2. The summed E-state index contributed by atoms with van der Waals surface area (Å²) in [6, 6.07) is 13.7. The number of nitrogens with zero attached hydrogens (tertiary/aromatic N) is 5. The van der Waals surface area contributed by atoms with Gasteiger partial charge in [0.05, 0.1) is 17.5 Å². The number of halogens is 3. The smallest absolute Gasteiger partial charge is 0.314 e. The van der Waals surface area contributed by atoms with Crippen molar-refractivity contribution in [2.75, 3.05) is 30.5 Å². The summed E-state index contributed by atoms with van der Waals surface area (Å²) in [5.41, 5.74) is 1.60. The summed E-state index contributed by atoms with van der Waals surface area (Å²) in [5, 5.41) is 6.86. The van der Waals surface area contributed by atoms with E-state index in [0.29, 0.717) is 67.3 Å². The Bertz CT molecular complexity index is 1440. The fraction of sp³-hybridized carbons (Fsp3) is 0.444. The van der Waals surface area contributed by atoms with Crippen molar-refractivity contribution in [2.45, 2.75) is 50.4 Å². The van der Waals surface area contributed by atoms with Crippen LogP contribution in [0.2, 0.25) is 5.02 Å². The molecular formula is C27H30ClF2N5O4S. The fourth-order valence-electron chi connectivity index (χ4n) is 5.15. The standard InChI is InChI=1S/C27H30ClF2N5O4S/c1-2-24(36)34-16-22(17-34)33-12-10-23(11-13-33)40(37,38)35(21-5-3-4-20(28)14-21)15-18-6-8-19(9-7-18)26-31-32-27(39-26)25(29)30/h3-9,14,22-23,25H,2,10-13,15-17H2,1H3. The minimum Gasteiger partial charge on any atom is -0.415 e. The molecule has 214 valence electrons. The Balaban J connectivity index is 1.30. The van der Waals surface area contributed by atoms with Crippen LogP contribution in [0.25, 0.3) is 11.5 Å². The van der Waals surface area contributed by atoms with Crippen molar-refractivity contribution in [3.05, 3.63) is 65.0 Å². The van der Waals surface area contributed by atoms with E-state index in [4.69, 9.17) is 16.0 Å². The number of piperidine rings is 1. The second-order valence-corrected chi connectivity index (χ2v) is 12.6. The Morgan fingerprint density at radius 2 is 1.82 bits per heavy atom. The SMILES string of the molecule is CCC(=O)N1CC(N2CCC(S(=O)(=O)N(Cc3ccc(-c4nnc(C(F)F)o4)cc3)c3cccc(Cl)c3)CC2)C1. The number of carbonyl (C=O) groups is 1. The van der Waals surface area contributed by atoms with Gasteiger partial charge in [-0.2, -0.15) is 8.78 Å². The molecule has 9 nitrogen and oxygen atoms in total. The maximum Gasteiger partial charge on any atom is 0.314 e. The van der Waals surface area contributed by atoms with Crippen molar-refractivity contribution >= 4 is 33.2 Å². The molecule has 2 aliphatic heterocycles. The van der Waals surface area contributed by atoms with Crippen LogP contribution in [0.4, 0.5) is 14.5 Å². The maximum atomic E-state index is 14.0. The molecule has 0 radical (unpaired) electrons. The van der Waals surface area contributed by atoms with Crippen LogP contribution >= 0.6 is 11.6 Å². The van der Waals surface area contributed by atoms with Gasteiger partial charge >= 0.3 is 6.43 Å². The molecule has 2 fully saturated rings. The molecule has 13 heteroatoms. The summed E-state index contributed by atoms with van der Waals surface area (Å²) in [6.45, 7) is 4.60. The van der Waals surface area contributed by atoms with E-state index in [9.17, 15) is 22.0 Å². The third kappa shape index (κ3) is 5.98. The predicted octanol–water partition coefficient (Wildman–Crippen LogP) is 4.75. The molecule has 2 saturated heterocycles. The molecular weight excluding hydrogens is 564 g/mol. The Morgan fingerprint density at radius 3 is 2.42 bits per heavy atom. The maximum absolute atomic E-state index is 14.0. The number of sulfonamides is 1. The number of rotatable bonds is 9. The third-order valence-corrected chi connectivity index (χ3v) is 9.99. The summed E-state index contributed by atoms with van der Waals surface area (Å²) in [5.74, 6) is -0.650. The van der Waals surface area contributed by atoms with Crippen molar-refractivity contribution < 1.29 is 26.4 Å². The molecule has 0 N–H and O–H groups in total. The zero-order valence-electron chi connectivity index (χ0n) is 21.9. The van der Waals surface area contributed by atoms with Crippen LogP contribution in [-0.2, 0) is 21.4 Å². The first kappa shape index (κ1) is 28.4. The summed E-state index contributed by atoms with van der Waals surface area (Å²) >= 11 is 6.23. The number of likely N-dealkylation sites (tertiary alicyclic amines) is 2. The van der Waals surface area contributed by atoms with Crippen LogP contribution < -0.4 is 4.31 Å². The van der Waals surface area contributed by atoms with Gasteiger partial charge in [0.15, 0.2) is 0 Å². The summed E-state index contributed by atoms with van der Waals surface area (Å²) in [6.07, 6.45) is -1.40. The van der Waals surface area contributed by atoms with Crippen LogP contribution in [0.1, 0.15) is 44.1 Å². The molecule has 0 aliphatic carbocycles. The van der Waals surface area contributed by atoms with Crippen molar-refractivity contribution in [1.29, 1.82) is 0 Å². The summed E-state index contributed by atoms with van der Waals surface area (Å²) < 4.78 is 60.0. The van der Waals surface area contributed by atoms with Gasteiger partial charge < -0.3 is 9.32 Å². The molecule has 0 atom stereocenters. The van der Waals surface area contributed by atoms with Crippen LogP contribution in [0.15, 0.2) is 52.9 Å². The second-order valence-electron chi connectivity index (χ2n) is 10.0. The number of hydrogen-bond donors (Lipinski definition) is 0. The monoisotopic (exact) mass is 593 g/mol. The highest BCUT2D eigenvalue weighted by Gasteiger charge is 2.40. The average Bonchev–Trinajstić information content (AvgIpc) is 3.42. The number of carbonyl (C=O) groups excluding carboxylic acids is 1. The topological polar surface area (TPSA) is 99.9 Å². The van der Waals surface area contributed by atoms with Gasteiger partial charge in [-0.25, -0.2) is 8.42 Å². The van der Waals surface area contributed by atoms with Gasteiger partial charge in [-0.05, 0) is 61.8 Å². The van der Waals surface area contributed by atoms with Crippen molar-refractivity contribution in [3.8, 4) is 11.5 Å². The lowest BCUT2D eigenvalue weighted by Crippen LogP contribution is -2.62. The lowest BCUT2D eigenvalue weighted by molar-refractivity contribution is -0.138. The molecule has 1 amide bonds. The fourth-order valence-corrected chi connectivity index (χ4v) is 7.24. The number of anilines is 1. The predicted molar refractivity (Wildman–Crippen MR) is 146 cm³/mol. The lowest BCUT2D eigenvalue weighted by Gasteiger charge is -2.47. The highest BCUT2D eigenvalue weighted by Crippen LogP contribution is 2.32. The second kappa shape index (κ2) is 11.8. The van der Waals surface area contributed by atoms with Gasteiger partial charge in [0.25, 0.3) is 5.89 Å². The van der Waals surface area contributed by atoms with Crippen LogP contribution in [-0.4, -0.2) is 71.8 Å². The molecule has 5 rings (SSSR count). The number of amides is 1. The van der Waals surface area contributed by atoms with Crippen molar-refractivity contribution in [1.82, 2.24) is 20.0 Å². The number of hydrogen-bond acceptors (Lipinski definition) is 7. The van der Waals surface area contributed by atoms with E-state index < -0.39 is 27.6 Å². The van der Waals surface area contributed by atoms with E-state index in [2.05, 4.69) is 15.1 Å². The number of alkyl halides is 2. The van der Waals surface area contributed by atoms with E-state index in [-0.39, 0.29) is 24.4 Å². The average molecular weight is 594 g/mol. The van der Waals surface area contributed by atoms with Gasteiger partial charge in [-0.1, -0.05) is 36.7 Å². The largest absolute Gasteiger partial charge is 0.415 e. The van der Waals surface area contributed by atoms with E-state index in [0.717, 1.165) is 0 Å². The molecule has 3 heterocycles. The lowest BCUT2D eigenvalue weighted by atomic mass is 10.0. The van der Waals surface area contributed by atoms with E-state index >= 15 is 0 Å². The van der Waals surface area contributed by atoms with E-state index in [1.807, 2.05) is 11.8 Å². The van der Waals surface area contributed by atoms with Crippen LogP contribution in [0.5, 0.6) is 0 Å². The Kier molecular flexibility index (Phi) is 8.39. The van der Waals surface area contributed by atoms with Crippen molar-refractivity contribution in [2.24, 2.45) is 0 Å². The van der Waals surface area contributed by atoms with Crippen molar-refractivity contribution in [3.63, 3.8) is 0 Å². The molecule has 0 unspecified atom stereocenters. The Hall–Kier alpha value is -3.09. The van der Waals surface area contributed by atoms with Crippen LogP contribution in [0.3, 0.4) is 0 Å². The minimum absolute atomic E-state index is 0.0402. The quantitative estimate of drug-likeness (QED) is 0.353. The van der Waals surface area contributed by atoms with Crippen LogP contribution in [0, 0.1) is 0 Å².